The number of nitrogens with zero attached hydrogens (tertiary/aromatic N) is 3. The smallest absolute Gasteiger partial charge is 0.196 e. The number of aromatic nitrogens is 3. The zero-order chi connectivity index (χ0) is 13.9. The fourth-order valence-corrected chi connectivity index (χ4v) is 2.03. The summed E-state index contributed by atoms with van der Waals surface area (Å²) in [4.78, 5) is 16.5. The normalized spacial score (nSPS) is 10.7. The molecule has 2 heterocycles. The Kier molecular flexibility index (Phi) is 3.16. The Hall–Kier alpha value is -2.69. The Morgan fingerprint density at radius 1 is 1.25 bits per heavy atom. The Balaban J connectivity index is 1.95. The number of benzene rings is 1. The predicted octanol–water partition coefficient (Wildman–Crippen LogP) is 2.36. The van der Waals surface area contributed by atoms with E-state index >= 15 is 0 Å². The summed E-state index contributed by atoms with van der Waals surface area (Å²) >= 11 is 0. The quantitative estimate of drug-likeness (QED) is 0.681. The maximum absolute atomic E-state index is 12.5. The van der Waals surface area contributed by atoms with Gasteiger partial charge >= 0.3 is 0 Å². The molecule has 0 spiro atoms. The van der Waals surface area contributed by atoms with E-state index in [1.54, 1.807) is 53.6 Å². The zero-order valence-electron chi connectivity index (χ0n) is 11.0. The van der Waals surface area contributed by atoms with Crippen LogP contribution in [0.2, 0.25) is 0 Å². The van der Waals surface area contributed by atoms with Crippen LogP contribution in [0.3, 0.4) is 0 Å². The first-order valence-corrected chi connectivity index (χ1v) is 6.34. The molecule has 2 aromatic heterocycles. The van der Waals surface area contributed by atoms with Gasteiger partial charge in [-0.25, -0.2) is 4.52 Å². The summed E-state index contributed by atoms with van der Waals surface area (Å²) in [5, 5.41) is 4.14. The van der Waals surface area contributed by atoms with Gasteiger partial charge in [0.1, 0.15) is 5.75 Å². The molecule has 0 saturated heterocycles. The van der Waals surface area contributed by atoms with E-state index in [0.717, 1.165) is 5.75 Å². The zero-order valence-corrected chi connectivity index (χ0v) is 11.0. The third kappa shape index (κ3) is 2.14. The Morgan fingerprint density at radius 2 is 2.05 bits per heavy atom. The molecule has 5 heteroatoms. The Morgan fingerprint density at radius 3 is 2.80 bits per heavy atom. The highest BCUT2D eigenvalue weighted by Gasteiger charge is 2.14. The van der Waals surface area contributed by atoms with Gasteiger partial charge in [0.2, 0.25) is 0 Å². The first-order chi connectivity index (χ1) is 9.79. The van der Waals surface area contributed by atoms with Gasteiger partial charge in [0.15, 0.2) is 5.78 Å². The van der Waals surface area contributed by atoms with Gasteiger partial charge in [-0.15, -0.1) is 0 Å². The van der Waals surface area contributed by atoms with Crippen molar-refractivity contribution in [1.29, 1.82) is 0 Å². The van der Waals surface area contributed by atoms with Crippen LogP contribution in [-0.4, -0.2) is 27.0 Å². The van der Waals surface area contributed by atoms with Crippen molar-refractivity contribution in [3.63, 3.8) is 0 Å². The SMILES string of the molecule is CCOc1ccc(C(=O)c2cnn3ccncc23)cc1. The van der Waals surface area contributed by atoms with Crippen LogP contribution in [0.5, 0.6) is 5.75 Å². The van der Waals surface area contributed by atoms with Crippen LogP contribution in [0.25, 0.3) is 5.52 Å². The Labute approximate surface area is 115 Å². The van der Waals surface area contributed by atoms with Gasteiger partial charge in [-0.1, -0.05) is 0 Å². The number of hydrogen-bond donors (Lipinski definition) is 0. The lowest BCUT2D eigenvalue weighted by atomic mass is 10.1. The number of fused-ring (bicyclic) bond motifs is 1. The molecule has 0 fully saturated rings. The van der Waals surface area contributed by atoms with E-state index in [2.05, 4.69) is 10.1 Å². The second-order valence-electron chi connectivity index (χ2n) is 4.25. The van der Waals surface area contributed by atoms with Crippen molar-refractivity contribution in [3.8, 4) is 5.75 Å². The summed E-state index contributed by atoms with van der Waals surface area (Å²) in [5.74, 6) is 0.682. The highest BCUT2D eigenvalue weighted by Crippen LogP contribution is 2.17. The molecule has 0 N–H and O–H groups in total. The fraction of sp³-hybridized carbons (Fsp3) is 0.133. The van der Waals surface area contributed by atoms with Crippen LogP contribution in [-0.2, 0) is 0 Å². The third-order valence-corrected chi connectivity index (χ3v) is 3.00. The molecule has 0 amide bonds. The van der Waals surface area contributed by atoms with Crippen LogP contribution in [0.15, 0.2) is 49.1 Å². The molecule has 0 atom stereocenters. The molecule has 0 unspecified atom stereocenters. The number of carbonyl (C=O) groups excluding carboxylic acids is 1. The van der Waals surface area contributed by atoms with Gasteiger partial charge in [-0.05, 0) is 31.2 Å². The number of rotatable bonds is 4. The van der Waals surface area contributed by atoms with Crippen LogP contribution < -0.4 is 4.74 Å². The summed E-state index contributed by atoms with van der Waals surface area (Å²) in [6.45, 7) is 2.53. The first kappa shape index (κ1) is 12.3. The summed E-state index contributed by atoms with van der Waals surface area (Å²) in [6.07, 6.45) is 6.54. The third-order valence-electron chi connectivity index (χ3n) is 3.00. The number of ether oxygens (including phenoxy) is 1. The number of carbonyl (C=O) groups is 1. The molecule has 3 rings (SSSR count). The number of ketones is 1. The molecular weight excluding hydrogens is 254 g/mol. The Bertz CT molecular complexity index is 747. The molecular formula is C15H13N3O2. The standard InChI is InChI=1S/C15H13N3O2/c1-2-20-12-5-3-11(4-6-12)15(19)13-9-17-18-8-7-16-10-14(13)18/h3-10H,2H2,1H3. The van der Waals surface area contributed by atoms with Crippen LogP contribution in [0, 0.1) is 0 Å². The molecule has 5 nitrogen and oxygen atoms in total. The van der Waals surface area contributed by atoms with Gasteiger partial charge in [0, 0.05) is 18.0 Å². The maximum Gasteiger partial charge on any atom is 0.196 e. The maximum atomic E-state index is 12.5. The van der Waals surface area contributed by atoms with Gasteiger partial charge in [0.25, 0.3) is 0 Å². The van der Waals surface area contributed by atoms with Crippen molar-refractivity contribution in [1.82, 2.24) is 14.6 Å². The lowest BCUT2D eigenvalue weighted by Gasteiger charge is -2.04. The van der Waals surface area contributed by atoms with Crippen molar-refractivity contribution in [3.05, 3.63) is 60.2 Å². The largest absolute Gasteiger partial charge is 0.494 e. The first-order valence-electron chi connectivity index (χ1n) is 6.34. The lowest BCUT2D eigenvalue weighted by molar-refractivity contribution is 0.104. The van der Waals surface area contributed by atoms with E-state index in [-0.39, 0.29) is 5.78 Å². The molecule has 0 bridgehead atoms. The van der Waals surface area contributed by atoms with Gasteiger partial charge in [-0.2, -0.15) is 5.10 Å². The molecule has 0 aliphatic carbocycles. The molecule has 0 saturated carbocycles. The second kappa shape index (κ2) is 5.13. The molecule has 1 aromatic carbocycles. The predicted molar refractivity (Wildman–Crippen MR) is 74.0 cm³/mol. The molecule has 0 aliphatic rings. The average molecular weight is 267 g/mol. The van der Waals surface area contributed by atoms with Gasteiger partial charge < -0.3 is 4.74 Å². The van der Waals surface area contributed by atoms with Crippen LogP contribution >= 0.6 is 0 Å². The second-order valence-corrected chi connectivity index (χ2v) is 4.25. The molecule has 100 valence electrons. The van der Waals surface area contributed by atoms with Crippen LogP contribution in [0.1, 0.15) is 22.8 Å². The topological polar surface area (TPSA) is 56.5 Å². The van der Waals surface area contributed by atoms with E-state index in [0.29, 0.717) is 23.3 Å². The highest BCUT2D eigenvalue weighted by molar-refractivity contribution is 6.12. The molecule has 20 heavy (non-hydrogen) atoms. The molecule has 3 aromatic rings. The van der Waals surface area contributed by atoms with Gasteiger partial charge in [0.05, 0.1) is 30.1 Å². The van der Waals surface area contributed by atoms with Gasteiger partial charge in [-0.3, -0.25) is 9.78 Å². The van der Waals surface area contributed by atoms with E-state index in [9.17, 15) is 4.79 Å². The highest BCUT2D eigenvalue weighted by atomic mass is 16.5. The van der Waals surface area contributed by atoms with Crippen LogP contribution in [0.4, 0.5) is 0 Å². The summed E-state index contributed by atoms with van der Waals surface area (Å²) < 4.78 is 7.00. The van der Waals surface area contributed by atoms with Crippen molar-refractivity contribution in [2.75, 3.05) is 6.61 Å². The van der Waals surface area contributed by atoms with Crippen molar-refractivity contribution >= 4 is 11.3 Å². The summed E-state index contributed by atoms with van der Waals surface area (Å²) in [6, 6.07) is 7.10. The minimum absolute atomic E-state index is 0.0731. The minimum atomic E-state index is -0.0731. The summed E-state index contributed by atoms with van der Waals surface area (Å²) in [7, 11) is 0. The average Bonchev–Trinajstić information content (AvgIpc) is 2.92. The molecule has 0 aliphatic heterocycles. The van der Waals surface area contributed by atoms with E-state index in [1.165, 1.54) is 0 Å². The monoisotopic (exact) mass is 267 g/mol. The minimum Gasteiger partial charge on any atom is -0.494 e. The molecule has 0 radical (unpaired) electrons. The summed E-state index contributed by atoms with van der Waals surface area (Å²) in [5.41, 5.74) is 1.85. The van der Waals surface area contributed by atoms with Crippen molar-refractivity contribution in [2.45, 2.75) is 6.92 Å². The number of hydrogen-bond acceptors (Lipinski definition) is 4. The van der Waals surface area contributed by atoms with Crippen molar-refractivity contribution < 1.29 is 9.53 Å². The van der Waals surface area contributed by atoms with E-state index in [1.807, 2.05) is 6.92 Å². The fourth-order valence-electron chi connectivity index (χ4n) is 2.03. The van der Waals surface area contributed by atoms with E-state index in [4.69, 9.17) is 4.74 Å². The van der Waals surface area contributed by atoms with Crippen molar-refractivity contribution in [2.24, 2.45) is 0 Å². The lowest BCUT2D eigenvalue weighted by Crippen LogP contribution is -2.01. The van der Waals surface area contributed by atoms with E-state index < -0.39 is 0 Å².